The summed E-state index contributed by atoms with van der Waals surface area (Å²) >= 11 is 0. The number of rotatable bonds is 2. The maximum atomic E-state index is 13.6. The number of hydrogen-bond acceptors (Lipinski definition) is 3. The molecule has 0 fully saturated rings. The summed E-state index contributed by atoms with van der Waals surface area (Å²) < 4.78 is 13.6. The van der Waals surface area contributed by atoms with E-state index in [1.807, 2.05) is 12.1 Å². The second-order valence-corrected chi connectivity index (χ2v) is 4.19. The van der Waals surface area contributed by atoms with Crippen molar-refractivity contribution in [3.8, 4) is 5.75 Å². The van der Waals surface area contributed by atoms with Crippen LogP contribution in [0.2, 0.25) is 0 Å². The Hall–Kier alpha value is -2.89. The summed E-state index contributed by atoms with van der Waals surface area (Å²) in [5.41, 5.74) is 1.02. The minimum Gasteiger partial charge on any atom is -0.507 e. The lowest BCUT2D eigenvalue weighted by atomic mass is 10.2. The van der Waals surface area contributed by atoms with Gasteiger partial charge in [-0.05, 0) is 24.3 Å². The van der Waals surface area contributed by atoms with Crippen molar-refractivity contribution in [2.24, 2.45) is 0 Å². The molecule has 0 radical (unpaired) electrons. The van der Waals surface area contributed by atoms with Gasteiger partial charge in [0, 0.05) is 0 Å². The number of carbonyl (C=O) groups is 1. The Balaban J connectivity index is 1.92. The minimum atomic E-state index is -0.793. The maximum Gasteiger partial charge on any atom is 0.264 e. The van der Waals surface area contributed by atoms with E-state index in [0.717, 1.165) is 11.6 Å². The number of hydrogen-bond donors (Lipinski definition) is 3. The molecular formula is C14H10FN3O2. The third-order valence-electron chi connectivity index (χ3n) is 2.84. The number of phenols is 1. The van der Waals surface area contributed by atoms with Crippen molar-refractivity contribution in [3.63, 3.8) is 0 Å². The standard InChI is InChI=1S/C14H10FN3O2/c15-8-4-3-7-11(19)12(8)13(20)18-14-16-9-5-1-2-6-10(9)17-14/h1-7,19H,(H2,16,17,18,20). The fourth-order valence-corrected chi connectivity index (χ4v) is 1.92. The van der Waals surface area contributed by atoms with Crippen molar-refractivity contribution in [1.82, 2.24) is 9.97 Å². The summed E-state index contributed by atoms with van der Waals surface area (Å²) in [5.74, 6) is -1.78. The van der Waals surface area contributed by atoms with Crippen LogP contribution in [-0.2, 0) is 0 Å². The van der Waals surface area contributed by atoms with E-state index in [4.69, 9.17) is 0 Å². The zero-order valence-electron chi connectivity index (χ0n) is 10.2. The molecule has 5 nitrogen and oxygen atoms in total. The van der Waals surface area contributed by atoms with E-state index in [-0.39, 0.29) is 5.95 Å². The fourth-order valence-electron chi connectivity index (χ4n) is 1.92. The first-order valence-corrected chi connectivity index (χ1v) is 5.89. The van der Waals surface area contributed by atoms with Crippen LogP contribution in [0.5, 0.6) is 5.75 Å². The molecule has 20 heavy (non-hydrogen) atoms. The van der Waals surface area contributed by atoms with E-state index in [2.05, 4.69) is 15.3 Å². The predicted octanol–water partition coefficient (Wildman–Crippen LogP) is 2.66. The molecule has 0 bridgehead atoms. The number of carbonyl (C=O) groups excluding carboxylic acids is 1. The van der Waals surface area contributed by atoms with Gasteiger partial charge in [0.1, 0.15) is 17.1 Å². The smallest absolute Gasteiger partial charge is 0.264 e. The molecule has 0 atom stereocenters. The van der Waals surface area contributed by atoms with Crippen molar-refractivity contribution in [2.45, 2.75) is 0 Å². The number of aromatic hydroxyl groups is 1. The van der Waals surface area contributed by atoms with Crippen LogP contribution >= 0.6 is 0 Å². The summed E-state index contributed by atoms with van der Waals surface area (Å²) in [6, 6.07) is 10.9. The average molecular weight is 271 g/mol. The number of H-pyrrole nitrogens is 1. The second-order valence-electron chi connectivity index (χ2n) is 4.19. The lowest BCUT2D eigenvalue weighted by molar-refractivity contribution is 0.101. The molecule has 3 aromatic rings. The van der Waals surface area contributed by atoms with Crippen molar-refractivity contribution in [3.05, 3.63) is 53.8 Å². The molecular weight excluding hydrogens is 261 g/mol. The third-order valence-corrected chi connectivity index (χ3v) is 2.84. The van der Waals surface area contributed by atoms with Gasteiger partial charge in [-0.1, -0.05) is 18.2 Å². The van der Waals surface area contributed by atoms with E-state index < -0.39 is 23.0 Å². The molecule has 1 heterocycles. The first kappa shape index (κ1) is 12.2. The molecule has 0 aliphatic heterocycles. The van der Waals surface area contributed by atoms with Gasteiger partial charge in [0.05, 0.1) is 11.0 Å². The van der Waals surface area contributed by atoms with Crippen LogP contribution in [0, 0.1) is 5.82 Å². The van der Waals surface area contributed by atoms with Gasteiger partial charge >= 0.3 is 0 Å². The van der Waals surface area contributed by atoms with Crippen molar-refractivity contribution >= 4 is 22.9 Å². The van der Waals surface area contributed by atoms with Gasteiger partial charge in [-0.2, -0.15) is 0 Å². The number of imidazole rings is 1. The SMILES string of the molecule is O=C(Nc1nc2ccccc2[nH]1)c1c(O)cccc1F. The first-order chi connectivity index (χ1) is 9.65. The lowest BCUT2D eigenvalue weighted by Gasteiger charge is -2.05. The zero-order chi connectivity index (χ0) is 14.1. The van der Waals surface area contributed by atoms with Crippen LogP contribution in [0.1, 0.15) is 10.4 Å². The molecule has 2 aromatic carbocycles. The number of amides is 1. The van der Waals surface area contributed by atoms with Crippen molar-refractivity contribution < 1.29 is 14.3 Å². The highest BCUT2D eigenvalue weighted by Gasteiger charge is 2.17. The first-order valence-electron chi connectivity index (χ1n) is 5.89. The molecule has 6 heteroatoms. The molecule has 100 valence electrons. The average Bonchev–Trinajstić information content (AvgIpc) is 2.80. The van der Waals surface area contributed by atoms with Crippen LogP contribution in [0.25, 0.3) is 11.0 Å². The second kappa shape index (κ2) is 4.65. The summed E-state index contributed by atoms with van der Waals surface area (Å²) in [6.45, 7) is 0. The Morgan fingerprint density at radius 3 is 2.75 bits per heavy atom. The topological polar surface area (TPSA) is 78.0 Å². The number of aromatic amines is 1. The maximum absolute atomic E-state index is 13.6. The predicted molar refractivity (Wildman–Crippen MR) is 72.1 cm³/mol. The molecule has 1 aromatic heterocycles. The highest BCUT2D eigenvalue weighted by molar-refractivity contribution is 6.06. The van der Waals surface area contributed by atoms with Gasteiger partial charge in [0.25, 0.3) is 5.91 Å². The Kier molecular flexibility index (Phi) is 2.83. The van der Waals surface area contributed by atoms with Crippen LogP contribution in [0.15, 0.2) is 42.5 Å². The number of nitrogens with zero attached hydrogens (tertiary/aromatic N) is 1. The molecule has 1 amide bonds. The number of phenolic OH excluding ortho intramolecular Hbond substituents is 1. The zero-order valence-corrected chi connectivity index (χ0v) is 10.2. The van der Waals surface area contributed by atoms with Gasteiger partial charge in [-0.15, -0.1) is 0 Å². The van der Waals surface area contributed by atoms with Crippen LogP contribution < -0.4 is 5.32 Å². The molecule has 3 rings (SSSR count). The Morgan fingerprint density at radius 1 is 1.20 bits per heavy atom. The summed E-state index contributed by atoms with van der Waals surface area (Å²) in [7, 11) is 0. The molecule has 0 saturated carbocycles. The van der Waals surface area contributed by atoms with Gasteiger partial charge in [-0.25, -0.2) is 9.37 Å². The molecule has 0 unspecified atom stereocenters. The van der Waals surface area contributed by atoms with E-state index >= 15 is 0 Å². The molecule has 0 aliphatic rings. The number of nitrogens with one attached hydrogen (secondary N) is 2. The molecule has 0 aliphatic carbocycles. The Labute approximate surface area is 113 Å². The van der Waals surface area contributed by atoms with Crippen LogP contribution in [0.4, 0.5) is 10.3 Å². The largest absolute Gasteiger partial charge is 0.507 e. The van der Waals surface area contributed by atoms with Crippen LogP contribution in [-0.4, -0.2) is 21.0 Å². The third kappa shape index (κ3) is 2.07. The highest BCUT2D eigenvalue weighted by Crippen LogP contribution is 2.21. The lowest BCUT2D eigenvalue weighted by Crippen LogP contribution is -2.14. The fraction of sp³-hybridized carbons (Fsp3) is 0. The van der Waals surface area contributed by atoms with Gasteiger partial charge < -0.3 is 10.1 Å². The van der Waals surface area contributed by atoms with E-state index in [1.165, 1.54) is 12.1 Å². The van der Waals surface area contributed by atoms with Gasteiger partial charge in [-0.3, -0.25) is 10.1 Å². The molecule has 3 N–H and O–H groups in total. The molecule has 0 saturated heterocycles. The summed E-state index contributed by atoms with van der Waals surface area (Å²) in [6.07, 6.45) is 0. The van der Waals surface area contributed by atoms with Crippen molar-refractivity contribution in [2.75, 3.05) is 5.32 Å². The number of fused-ring (bicyclic) bond motifs is 1. The quantitative estimate of drug-likeness (QED) is 0.670. The van der Waals surface area contributed by atoms with E-state index in [9.17, 15) is 14.3 Å². The number of benzene rings is 2. The highest BCUT2D eigenvalue weighted by atomic mass is 19.1. The summed E-state index contributed by atoms with van der Waals surface area (Å²) in [4.78, 5) is 19.0. The Bertz CT molecular complexity index is 745. The summed E-state index contributed by atoms with van der Waals surface area (Å²) in [5, 5.41) is 12.0. The number of anilines is 1. The van der Waals surface area contributed by atoms with Crippen molar-refractivity contribution in [1.29, 1.82) is 0 Å². The van der Waals surface area contributed by atoms with Crippen LogP contribution in [0.3, 0.4) is 0 Å². The normalized spacial score (nSPS) is 10.7. The number of aromatic nitrogens is 2. The Morgan fingerprint density at radius 2 is 2.00 bits per heavy atom. The molecule has 0 spiro atoms. The van der Waals surface area contributed by atoms with Gasteiger partial charge in [0.2, 0.25) is 5.95 Å². The monoisotopic (exact) mass is 271 g/mol. The number of para-hydroxylation sites is 2. The van der Waals surface area contributed by atoms with Gasteiger partial charge in [0.15, 0.2) is 0 Å². The van der Waals surface area contributed by atoms with E-state index in [1.54, 1.807) is 12.1 Å². The van der Waals surface area contributed by atoms with E-state index in [0.29, 0.717) is 5.52 Å². The number of halogens is 1. The minimum absolute atomic E-state index is 0.193.